The van der Waals surface area contributed by atoms with Gasteiger partial charge in [0.1, 0.15) is 10.6 Å². The van der Waals surface area contributed by atoms with Crippen LogP contribution in [0.5, 0.6) is 0 Å². The first-order valence-electron chi connectivity index (χ1n) is 7.62. The van der Waals surface area contributed by atoms with E-state index in [4.69, 9.17) is 4.74 Å². The van der Waals surface area contributed by atoms with Crippen LogP contribution in [-0.2, 0) is 21.8 Å². The number of benzene rings is 1. The van der Waals surface area contributed by atoms with E-state index in [0.717, 1.165) is 5.56 Å². The maximum absolute atomic E-state index is 13.1. The van der Waals surface area contributed by atoms with E-state index in [2.05, 4.69) is 5.10 Å². The van der Waals surface area contributed by atoms with E-state index >= 15 is 0 Å². The van der Waals surface area contributed by atoms with Gasteiger partial charge in [0, 0.05) is 31.9 Å². The van der Waals surface area contributed by atoms with Crippen LogP contribution in [0.2, 0.25) is 0 Å². The minimum Gasteiger partial charge on any atom is -0.373 e. The minimum atomic E-state index is -3.62. The van der Waals surface area contributed by atoms with Gasteiger partial charge >= 0.3 is 0 Å². The average Bonchev–Trinajstić information content (AvgIpc) is 2.90. The van der Waals surface area contributed by atoms with Crippen LogP contribution in [0.25, 0.3) is 11.3 Å². The van der Waals surface area contributed by atoms with Gasteiger partial charge in [-0.05, 0) is 13.8 Å². The molecule has 2 heterocycles. The van der Waals surface area contributed by atoms with Crippen molar-refractivity contribution in [3.8, 4) is 11.3 Å². The highest BCUT2D eigenvalue weighted by atomic mass is 32.2. The van der Waals surface area contributed by atoms with Gasteiger partial charge in [0.25, 0.3) is 0 Å². The van der Waals surface area contributed by atoms with Crippen LogP contribution in [0.4, 0.5) is 0 Å². The fourth-order valence-electron chi connectivity index (χ4n) is 2.92. The summed E-state index contributed by atoms with van der Waals surface area (Å²) in [6, 6.07) is 9.38. The number of aryl methyl sites for hydroxylation is 1. The molecule has 124 valence electrons. The monoisotopic (exact) mass is 335 g/mol. The molecule has 23 heavy (non-hydrogen) atoms. The Morgan fingerprint density at radius 2 is 1.74 bits per heavy atom. The molecule has 0 spiro atoms. The summed E-state index contributed by atoms with van der Waals surface area (Å²) in [5.41, 5.74) is 1.28. The van der Waals surface area contributed by atoms with E-state index in [9.17, 15) is 8.42 Å². The van der Waals surface area contributed by atoms with Gasteiger partial charge < -0.3 is 4.74 Å². The quantitative estimate of drug-likeness (QED) is 0.859. The summed E-state index contributed by atoms with van der Waals surface area (Å²) in [5.74, 6) is 0. The van der Waals surface area contributed by atoms with Crippen LogP contribution in [0.1, 0.15) is 13.8 Å². The summed E-state index contributed by atoms with van der Waals surface area (Å²) in [6.45, 7) is 4.49. The van der Waals surface area contributed by atoms with Gasteiger partial charge in [-0.25, -0.2) is 8.42 Å². The number of hydrogen-bond acceptors (Lipinski definition) is 4. The van der Waals surface area contributed by atoms with Crippen LogP contribution in [0.15, 0.2) is 41.4 Å². The number of ether oxygens (including phenoxy) is 1. The van der Waals surface area contributed by atoms with Crippen molar-refractivity contribution < 1.29 is 13.2 Å². The summed E-state index contributed by atoms with van der Waals surface area (Å²) >= 11 is 0. The molecule has 3 rings (SSSR count). The Labute approximate surface area is 136 Å². The number of rotatable bonds is 3. The van der Waals surface area contributed by atoms with E-state index in [1.165, 1.54) is 4.31 Å². The highest BCUT2D eigenvalue weighted by Gasteiger charge is 2.35. The summed E-state index contributed by atoms with van der Waals surface area (Å²) in [4.78, 5) is 0.243. The van der Waals surface area contributed by atoms with Crippen molar-refractivity contribution in [3.63, 3.8) is 0 Å². The second-order valence-corrected chi connectivity index (χ2v) is 7.87. The molecule has 0 radical (unpaired) electrons. The molecular weight excluding hydrogens is 314 g/mol. The molecule has 2 unspecified atom stereocenters. The van der Waals surface area contributed by atoms with Gasteiger partial charge in [0.15, 0.2) is 0 Å². The Kier molecular flexibility index (Phi) is 4.27. The zero-order valence-electron chi connectivity index (χ0n) is 13.5. The average molecular weight is 335 g/mol. The summed E-state index contributed by atoms with van der Waals surface area (Å²) in [7, 11) is -1.88. The Morgan fingerprint density at radius 1 is 1.13 bits per heavy atom. The lowest BCUT2D eigenvalue weighted by Crippen LogP contribution is -2.48. The number of morpholine rings is 1. The highest BCUT2D eigenvalue weighted by molar-refractivity contribution is 7.89. The molecule has 7 heteroatoms. The van der Waals surface area contributed by atoms with Gasteiger partial charge in [-0.15, -0.1) is 0 Å². The molecule has 1 aliphatic rings. The van der Waals surface area contributed by atoms with E-state index in [0.29, 0.717) is 18.8 Å². The van der Waals surface area contributed by atoms with E-state index in [1.807, 2.05) is 44.2 Å². The van der Waals surface area contributed by atoms with E-state index in [-0.39, 0.29) is 17.1 Å². The fraction of sp³-hybridized carbons (Fsp3) is 0.438. The van der Waals surface area contributed by atoms with E-state index in [1.54, 1.807) is 17.9 Å². The van der Waals surface area contributed by atoms with Crippen molar-refractivity contribution in [2.45, 2.75) is 31.0 Å². The SMILES string of the molecule is CC1CN(S(=O)(=O)c2cn(C)nc2-c2ccccc2)CC(C)O1. The molecule has 6 nitrogen and oxygen atoms in total. The zero-order chi connectivity index (χ0) is 16.6. The summed E-state index contributed by atoms with van der Waals surface area (Å²) < 4.78 is 34.9. The van der Waals surface area contributed by atoms with E-state index < -0.39 is 10.0 Å². The lowest BCUT2D eigenvalue weighted by molar-refractivity contribution is -0.0440. The first-order valence-corrected chi connectivity index (χ1v) is 9.06. The summed E-state index contributed by atoms with van der Waals surface area (Å²) in [5, 5.41) is 4.36. The Morgan fingerprint density at radius 3 is 2.35 bits per heavy atom. The third kappa shape index (κ3) is 3.17. The number of aromatic nitrogens is 2. The molecule has 0 bridgehead atoms. The Balaban J connectivity index is 2.04. The van der Waals surface area contributed by atoms with Crippen LogP contribution >= 0.6 is 0 Å². The maximum atomic E-state index is 13.1. The molecule has 2 aromatic rings. The van der Waals surface area contributed by atoms with Gasteiger partial charge in [-0.3, -0.25) is 4.68 Å². The van der Waals surface area contributed by atoms with Gasteiger partial charge in [0.05, 0.1) is 12.2 Å². The van der Waals surface area contributed by atoms with Gasteiger partial charge in [0.2, 0.25) is 10.0 Å². The second-order valence-electron chi connectivity index (χ2n) is 5.96. The fourth-order valence-corrected chi connectivity index (χ4v) is 4.70. The number of hydrogen-bond donors (Lipinski definition) is 0. The second kappa shape index (κ2) is 6.07. The molecule has 0 amide bonds. The highest BCUT2D eigenvalue weighted by Crippen LogP contribution is 2.29. The number of sulfonamides is 1. The van der Waals surface area contributed by atoms with Gasteiger partial charge in [-0.2, -0.15) is 9.40 Å². The molecular formula is C16H21N3O3S. The first kappa shape index (κ1) is 16.2. The molecule has 0 aliphatic carbocycles. The topological polar surface area (TPSA) is 64.4 Å². The van der Waals surface area contributed by atoms with Crippen LogP contribution in [0.3, 0.4) is 0 Å². The third-order valence-corrected chi connectivity index (χ3v) is 5.68. The lowest BCUT2D eigenvalue weighted by atomic mass is 10.2. The molecule has 2 atom stereocenters. The normalized spacial score (nSPS) is 23.1. The lowest BCUT2D eigenvalue weighted by Gasteiger charge is -2.34. The Bertz CT molecular complexity index is 776. The van der Waals surface area contributed by atoms with Crippen LogP contribution < -0.4 is 0 Å². The molecule has 0 N–H and O–H groups in total. The molecule has 1 fully saturated rings. The molecule has 1 saturated heterocycles. The first-order chi connectivity index (χ1) is 10.9. The smallest absolute Gasteiger partial charge is 0.247 e. The molecule has 1 aromatic heterocycles. The van der Waals surface area contributed by atoms with Crippen molar-refractivity contribution in [2.75, 3.05) is 13.1 Å². The third-order valence-electron chi connectivity index (χ3n) is 3.85. The van der Waals surface area contributed by atoms with Crippen molar-refractivity contribution in [2.24, 2.45) is 7.05 Å². The maximum Gasteiger partial charge on any atom is 0.247 e. The predicted octanol–water partition coefficient (Wildman–Crippen LogP) is 1.89. The molecule has 1 aliphatic heterocycles. The van der Waals surface area contributed by atoms with Crippen molar-refractivity contribution in [1.82, 2.24) is 14.1 Å². The van der Waals surface area contributed by atoms with Crippen molar-refractivity contribution in [3.05, 3.63) is 36.5 Å². The zero-order valence-corrected chi connectivity index (χ0v) is 14.3. The van der Waals surface area contributed by atoms with Crippen LogP contribution in [-0.4, -0.2) is 47.8 Å². The molecule has 1 aromatic carbocycles. The van der Waals surface area contributed by atoms with Crippen LogP contribution in [0, 0.1) is 0 Å². The number of nitrogens with zero attached hydrogens (tertiary/aromatic N) is 3. The minimum absolute atomic E-state index is 0.120. The van der Waals surface area contributed by atoms with Crippen molar-refractivity contribution >= 4 is 10.0 Å². The molecule has 0 saturated carbocycles. The Hall–Kier alpha value is -1.70. The predicted molar refractivity (Wildman–Crippen MR) is 87.4 cm³/mol. The summed E-state index contributed by atoms with van der Waals surface area (Å²) in [6.07, 6.45) is 1.33. The van der Waals surface area contributed by atoms with Gasteiger partial charge in [-0.1, -0.05) is 30.3 Å². The largest absolute Gasteiger partial charge is 0.373 e. The standard InChI is InChI=1S/C16H21N3O3S/c1-12-9-19(10-13(2)22-12)23(20,21)15-11-18(3)17-16(15)14-7-5-4-6-8-14/h4-8,11-13H,9-10H2,1-3H3. The van der Waals surface area contributed by atoms with Crippen molar-refractivity contribution in [1.29, 1.82) is 0 Å².